The summed E-state index contributed by atoms with van der Waals surface area (Å²) in [6.07, 6.45) is 5.04. The molecule has 1 spiro atoms. The zero-order valence-corrected chi connectivity index (χ0v) is 20.2. The van der Waals surface area contributed by atoms with Gasteiger partial charge in [-0.3, -0.25) is 14.2 Å². The molecule has 0 unspecified atom stereocenters. The second kappa shape index (κ2) is 8.76. The van der Waals surface area contributed by atoms with Gasteiger partial charge in [-0.25, -0.2) is 4.39 Å². The van der Waals surface area contributed by atoms with Crippen LogP contribution in [-0.2, 0) is 16.8 Å². The molecule has 1 N–H and O–H groups in total. The van der Waals surface area contributed by atoms with E-state index in [0.29, 0.717) is 25.1 Å². The molecule has 34 heavy (non-hydrogen) atoms. The summed E-state index contributed by atoms with van der Waals surface area (Å²) in [7, 11) is -3.71. The number of nitrogens with zero attached hydrogens (tertiary/aromatic N) is 3. The fourth-order valence-corrected chi connectivity index (χ4v) is 7.11. The molecule has 178 valence electrons. The van der Waals surface area contributed by atoms with Crippen LogP contribution in [0.1, 0.15) is 30.9 Å². The van der Waals surface area contributed by atoms with Gasteiger partial charge >= 0.3 is 10.2 Å². The molecule has 8 heteroatoms. The van der Waals surface area contributed by atoms with Crippen LogP contribution in [0.15, 0.2) is 67.0 Å². The highest BCUT2D eigenvalue weighted by atomic mass is 32.2. The topological polar surface area (TPSA) is 65.5 Å². The van der Waals surface area contributed by atoms with Crippen molar-refractivity contribution in [3.63, 3.8) is 0 Å². The first-order valence-corrected chi connectivity index (χ1v) is 13.0. The summed E-state index contributed by atoms with van der Waals surface area (Å²) in [6, 6.07) is 16.6. The van der Waals surface area contributed by atoms with Gasteiger partial charge in [0.1, 0.15) is 5.82 Å². The molecule has 0 radical (unpaired) electrons. The van der Waals surface area contributed by atoms with Crippen LogP contribution in [0.3, 0.4) is 0 Å². The first kappa shape index (κ1) is 23.0. The van der Waals surface area contributed by atoms with E-state index in [9.17, 15) is 12.8 Å². The molecular formula is C26H29FN4O2S. The Morgan fingerprint density at radius 3 is 2.76 bits per heavy atom. The Morgan fingerprint density at radius 1 is 1.18 bits per heavy atom. The van der Waals surface area contributed by atoms with Crippen LogP contribution >= 0.6 is 0 Å². The number of halogens is 1. The second-order valence-electron chi connectivity index (χ2n) is 9.46. The molecule has 2 atom stereocenters. The zero-order chi connectivity index (χ0) is 23.9. The lowest BCUT2D eigenvalue weighted by atomic mass is 9.83. The van der Waals surface area contributed by atoms with Crippen LogP contribution < -0.4 is 9.03 Å². The summed E-state index contributed by atoms with van der Waals surface area (Å²) in [5.41, 5.74) is 4.45. The van der Waals surface area contributed by atoms with Crippen molar-refractivity contribution in [2.75, 3.05) is 17.4 Å². The molecule has 0 aliphatic carbocycles. The molecule has 2 aliphatic rings. The van der Waals surface area contributed by atoms with E-state index in [1.807, 2.05) is 12.3 Å². The van der Waals surface area contributed by atoms with Crippen molar-refractivity contribution in [2.24, 2.45) is 0 Å². The molecule has 6 nitrogen and oxygen atoms in total. The van der Waals surface area contributed by atoms with Crippen molar-refractivity contribution in [1.29, 1.82) is 0 Å². The Labute approximate surface area is 200 Å². The number of hydrogen-bond donors (Lipinski definition) is 1. The highest BCUT2D eigenvalue weighted by molar-refractivity contribution is 7.91. The van der Waals surface area contributed by atoms with Crippen molar-refractivity contribution in [1.82, 2.24) is 14.6 Å². The van der Waals surface area contributed by atoms with Gasteiger partial charge < -0.3 is 0 Å². The molecule has 0 bridgehead atoms. The molecule has 0 amide bonds. The molecule has 2 aromatic carbocycles. The summed E-state index contributed by atoms with van der Waals surface area (Å²) in [6.45, 7) is 6.10. The molecule has 1 aromatic heterocycles. The van der Waals surface area contributed by atoms with E-state index < -0.39 is 21.6 Å². The van der Waals surface area contributed by atoms with E-state index in [2.05, 4.69) is 52.7 Å². The first-order valence-electron chi connectivity index (χ1n) is 11.6. The number of aryl methyl sites for hydroxylation is 1. The molecular weight excluding hydrogens is 451 g/mol. The average Bonchev–Trinajstić information content (AvgIpc) is 3.06. The normalized spacial score (nSPS) is 24.6. The summed E-state index contributed by atoms with van der Waals surface area (Å²) in [4.78, 5) is 6.67. The van der Waals surface area contributed by atoms with E-state index in [1.165, 1.54) is 27.6 Å². The van der Waals surface area contributed by atoms with Gasteiger partial charge in [0.2, 0.25) is 0 Å². The van der Waals surface area contributed by atoms with Gasteiger partial charge in [-0.05, 0) is 73.7 Å². The van der Waals surface area contributed by atoms with Gasteiger partial charge in [-0.15, -0.1) is 0 Å². The predicted octanol–water partition coefficient (Wildman–Crippen LogP) is 4.27. The summed E-state index contributed by atoms with van der Waals surface area (Å²) < 4.78 is 43.8. The van der Waals surface area contributed by atoms with Crippen molar-refractivity contribution < 1.29 is 12.8 Å². The minimum Gasteiger partial charge on any atom is -0.296 e. The van der Waals surface area contributed by atoms with Crippen LogP contribution in [0, 0.1) is 12.7 Å². The number of rotatable bonds is 4. The van der Waals surface area contributed by atoms with Crippen LogP contribution in [0.4, 0.5) is 10.1 Å². The quantitative estimate of drug-likeness (QED) is 0.606. The van der Waals surface area contributed by atoms with Gasteiger partial charge in [0.05, 0.1) is 11.2 Å². The number of pyridine rings is 1. The molecule has 2 fully saturated rings. The number of piperidine rings is 1. The summed E-state index contributed by atoms with van der Waals surface area (Å²) in [5, 5.41) is 0. The Balaban J connectivity index is 1.36. The molecule has 3 heterocycles. The van der Waals surface area contributed by atoms with Gasteiger partial charge in [0.15, 0.2) is 0 Å². The SMILES string of the molecule is Cc1ccncc1-c1cccc(CN2CC[C@]3(CNS(=O)(=O)N3c3cccc(F)c3)C[C@@H]2C)c1. The lowest BCUT2D eigenvalue weighted by molar-refractivity contribution is 0.106. The Kier molecular flexibility index (Phi) is 5.91. The fourth-order valence-electron chi connectivity index (χ4n) is 5.40. The van der Waals surface area contributed by atoms with Gasteiger partial charge in [-0.1, -0.05) is 24.3 Å². The summed E-state index contributed by atoms with van der Waals surface area (Å²) >= 11 is 0. The fraction of sp³-hybridized carbons (Fsp3) is 0.346. The number of nitrogens with one attached hydrogen (secondary N) is 1. The lowest BCUT2D eigenvalue weighted by Crippen LogP contribution is -2.57. The number of aromatic nitrogens is 1. The van der Waals surface area contributed by atoms with Crippen molar-refractivity contribution in [3.05, 3.63) is 83.9 Å². The third-order valence-corrected chi connectivity index (χ3v) is 8.71. The monoisotopic (exact) mass is 480 g/mol. The van der Waals surface area contributed by atoms with Crippen LogP contribution in [0.25, 0.3) is 11.1 Å². The van der Waals surface area contributed by atoms with Gasteiger partial charge in [0, 0.05) is 43.6 Å². The molecule has 2 saturated heterocycles. The highest BCUT2D eigenvalue weighted by Gasteiger charge is 2.52. The van der Waals surface area contributed by atoms with Crippen molar-refractivity contribution in [3.8, 4) is 11.1 Å². The summed E-state index contributed by atoms with van der Waals surface area (Å²) in [5.74, 6) is -0.441. The van der Waals surface area contributed by atoms with E-state index in [0.717, 1.165) is 24.2 Å². The standard InChI is InChI=1S/C26H29FN4O2S/c1-19-9-11-28-16-25(19)22-6-3-5-21(13-22)17-30-12-10-26(15-20(30)2)18-29-34(32,33)31(26)24-8-4-7-23(27)14-24/h3-9,11,13-14,16,20,29H,10,12,15,17-18H2,1-2H3/t20-,26+/m0/s1. The lowest BCUT2D eigenvalue weighted by Gasteiger charge is -2.47. The Morgan fingerprint density at radius 2 is 2.00 bits per heavy atom. The van der Waals surface area contributed by atoms with Crippen LogP contribution in [0.5, 0.6) is 0 Å². The Bertz CT molecular complexity index is 1320. The minimum atomic E-state index is -3.71. The molecule has 0 saturated carbocycles. The number of likely N-dealkylation sites (tertiary alicyclic amines) is 1. The molecule has 5 rings (SSSR count). The maximum Gasteiger partial charge on any atom is 0.302 e. The van der Waals surface area contributed by atoms with Crippen LogP contribution in [-0.4, -0.2) is 43.0 Å². The smallest absolute Gasteiger partial charge is 0.296 e. The minimum absolute atomic E-state index is 0.156. The molecule has 3 aromatic rings. The van der Waals surface area contributed by atoms with Crippen molar-refractivity contribution >= 4 is 15.9 Å². The third kappa shape index (κ3) is 4.21. The zero-order valence-electron chi connectivity index (χ0n) is 19.4. The highest BCUT2D eigenvalue weighted by Crippen LogP contribution is 2.41. The second-order valence-corrected chi connectivity index (χ2v) is 11.1. The average molecular weight is 481 g/mol. The maximum atomic E-state index is 13.9. The first-order chi connectivity index (χ1) is 16.3. The van der Waals surface area contributed by atoms with E-state index in [-0.39, 0.29) is 6.04 Å². The number of anilines is 1. The number of benzene rings is 2. The molecule has 2 aliphatic heterocycles. The van der Waals surface area contributed by atoms with Crippen molar-refractivity contribution in [2.45, 2.75) is 44.8 Å². The van der Waals surface area contributed by atoms with Gasteiger partial charge in [-0.2, -0.15) is 13.1 Å². The van der Waals surface area contributed by atoms with E-state index >= 15 is 0 Å². The largest absolute Gasteiger partial charge is 0.302 e. The third-order valence-electron chi connectivity index (χ3n) is 7.12. The maximum absolute atomic E-state index is 13.9. The van der Waals surface area contributed by atoms with E-state index in [4.69, 9.17) is 0 Å². The van der Waals surface area contributed by atoms with Crippen LogP contribution in [0.2, 0.25) is 0 Å². The number of hydrogen-bond acceptors (Lipinski definition) is 4. The predicted molar refractivity (Wildman–Crippen MR) is 132 cm³/mol. The van der Waals surface area contributed by atoms with Gasteiger partial charge in [0.25, 0.3) is 0 Å². The Hall–Kier alpha value is -2.81. The van der Waals surface area contributed by atoms with E-state index in [1.54, 1.807) is 18.3 Å².